The summed E-state index contributed by atoms with van der Waals surface area (Å²) in [6.07, 6.45) is 7.78. The first-order chi connectivity index (χ1) is 7.18. The van der Waals surface area contributed by atoms with Gasteiger partial charge in [0, 0.05) is 30.5 Å². The number of aromatic nitrogens is 2. The molecule has 0 bridgehead atoms. The second kappa shape index (κ2) is 6.51. The Bertz CT molecular complexity index is 259. The van der Waals surface area contributed by atoms with Gasteiger partial charge in [0.25, 0.3) is 0 Å². The second-order valence-electron chi connectivity index (χ2n) is 4.50. The molecule has 0 aromatic carbocycles. The Hall–Kier alpha value is -0.960. The zero-order chi connectivity index (χ0) is 11.1. The Morgan fingerprint density at radius 1 is 1.13 bits per heavy atom. The molecule has 1 N–H and O–H groups in total. The van der Waals surface area contributed by atoms with Crippen molar-refractivity contribution in [2.45, 2.75) is 46.2 Å². The predicted octanol–water partition coefficient (Wildman–Crippen LogP) is 2.39. The summed E-state index contributed by atoms with van der Waals surface area (Å²) >= 11 is 0. The summed E-state index contributed by atoms with van der Waals surface area (Å²) in [6, 6.07) is 0.563. The van der Waals surface area contributed by atoms with Crippen LogP contribution >= 0.6 is 0 Å². The lowest BCUT2D eigenvalue weighted by molar-refractivity contribution is 0.450. The number of nitrogens with one attached hydrogen (secondary N) is 1. The van der Waals surface area contributed by atoms with Crippen molar-refractivity contribution in [2.24, 2.45) is 5.92 Å². The maximum Gasteiger partial charge on any atom is 0.115 e. The van der Waals surface area contributed by atoms with E-state index in [4.69, 9.17) is 0 Å². The van der Waals surface area contributed by atoms with Gasteiger partial charge in [0.2, 0.25) is 0 Å². The molecule has 0 fully saturated rings. The fourth-order valence-corrected chi connectivity index (χ4v) is 1.40. The highest BCUT2D eigenvalue weighted by molar-refractivity contribution is 5.01. The van der Waals surface area contributed by atoms with Gasteiger partial charge in [-0.2, -0.15) is 0 Å². The van der Waals surface area contributed by atoms with E-state index in [1.165, 1.54) is 12.8 Å². The monoisotopic (exact) mass is 207 g/mol. The smallest absolute Gasteiger partial charge is 0.115 e. The first kappa shape index (κ1) is 12.1. The fraction of sp³-hybridized carbons (Fsp3) is 0.667. The molecule has 0 spiro atoms. The van der Waals surface area contributed by atoms with E-state index in [9.17, 15) is 0 Å². The molecular formula is C12H21N3. The molecule has 0 saturated carbocycles. The second-order valence-corrected chi connectivity index (χ2v) is 4.50. The molecule has 84 valence electrons. The van der Waals surface area contributed by atoms with Crippen molar-refractivity contribution in [1.29, 1.82) is 0 Å². The van der Waals surface area contributed by atoms with Crippen molar-refractivity contribution in [1.82, 2.24) is 15.3 Å². The van der Waals surface area contributed by atoms with Gasteiger partial charge in [-0.3, -0.25) is 0 Å². The lowest BCUT2D eigenvalue weighted by atomic mass is 10.0. The Morgan fingerprint density at radius 3 is 2.40 bits per heavy atom. The molecule has 1 aromatic rings. The molecule has 0 aliphatic heterocycles. The topological polar surface area (TPSA) is 37.8 Å². The molecule has 1 unspecified atom stereocenters. The Morgan fingerprint density at radius 2 is 1.80 bits per heavy atom. The van der Waals surface area contributed by atoms with E-state index in [2.05, 4.69) is 36.1 Å². The van der Waals surface area contributed by atoms with Crippen LogP contribution < -0.4 is 5.32 Å². The zero-order valence-corrected chi connectivity index (χ0v) is 9.90. The molecule has 0 saturated heterocycles. The molecule has 0 aliphatic carbocycles. The summed E-state index contributed by atoms with van der Waals surface area (Å²) in [5.41, 5.74) is 1.15. The van der Waals surface area contributed by atoms with Crippen LogP contribution in [0, 0.1) is 5.92 Å². The molecule has 1 rings (SSSR count). The number of hydrogen-bond donors (Lipinski definition) is 1. The molecule has 1 atom stereocenters. The van der Waals surface area contributed by atoms with E-state index in [0.29, 0.717) is 6.04 Å². The molecule has 0 amide bonds. The van der Waals surface area contributed by atoms with Crippen LogP contribution in [0.4, 0.5) is 0 Å². The van der Waals surface area contributed by atoms with Gasteiger partial charge < -0.3 is 5.32 Å². The number of nitrogens with zero attached hydrogens (tertiary/aromatic N) is 2. The van der Waals surface area contributed by atoms with E-state index < -0.39 is 0 Å². The van der Waals surface area contributed by atoms with E-state index in [-0.39, 0.29) is 0 Å². The van der Waals surface area contributed by atoms with Gasteiger partial charge in [-0.1, -0.05) is 13.8 Å². The Balaban J connectivity index is 2.19. The summed E-state index contributed by atoms with van der Waals surface area (Å²) in [4.78, 5) is 7.97. The van der Waals surface area contributed by atoms with E-state index in [1.807, 2.05) is 12.4 Å². The molecular weight excluding hydrogens is 186 g/mol. The quantitative estimate of drug-likeness (QED) is 0.778. The van der Waals surface area contributed by atoms with E-state index >= 15 is 0 Å². The standard InChI is InChI=1S/C12H21N3/c1-10(2)4-5-11(3)15-8-12-6-13-9-14-7-12/h6-7,9-11,15H,4-5,8H2,1-3H3. The lowest BCUT2D eigenvalue weighted by Crippen LogP contribution is -2.25. The molecule has 3 nitrogen and oxygen atoms in total. The van der Waals surface area contributed by atoms with Gasteiger partial charge in [0.15, 0.2) is 0 Å². The van der Waals surface area contributed by atoms with Crippen LogP contribution in [-0.2, 0) is 6.54 Å². The SMILES string of the molecule is CC(C)CCC(C)NCc1cncnc1. The highest BCUT2D eigenvalue weighted by Crippen LogP contribution is 2.06. The van der Waals surface area contributed by atoms with Crippen molar-refractivity contribution in [2.75, 3.05) is 0 Å². The van der Waals surface area contributed by atoms with Crippen molar-refractivity contribution < 1.29 is 0 Å². The third kappa shape index (κ3) is 5.47. The van der Waals surface area contributed by atoms with Gasteiger partial charge in [-0.05, 0) is 25.7 Å². The van der Waals surface area contributed by atoms with E-state index in [1.54, 1.807) is 6.33 Å². The first-order valence-corrected chi connectivity index (χ1v) is 5.65. The largest absolute Gasteiger partial charge is 0.310 e. The normalized spacial score (nSPS) is 13.1. The fourth-order valence-electron chi connectivity index (χ4n) is 1.40. The van der Waals surface area contributed by atoms with Crippen LogP contribution in [-0.4, -0.2) is 16.0 Å². The molecule has 0 radical (unpaired) electrons. The summed E-state index contributed by atoms with van der Waals surface area (Å²) < 4.78 is 0. The average Bonchev–Trinajstić information content (AvgIpc) is 2.25. The summed E-state index contributed by atoms with van der Waals surface area (Å²) in [6.45, 7) is 7.61. The molecule has 15 heavy (non-hydrogen) atoms. The third-order valence-electron chi connectivity index (χ3n) is 2.45. The van der Waals surface area contributed by atoms with Gasteiger partial charge in [0.05, 0.1) is 0 Å². The van der Waals surface area contributed by atoms with E-state index in [0.717, 1.165) is 18.0 Å². The highest BCUT2D eigenvalue weighted by Gasteiger charge is 2.03. The summed E-state index contributed by atoms with van der Waals surface area (Å²) in [5.74, 6) is 0.786. The van der Waals surface area contributed by atoms with Gasteiger partial charge in [0.1, 0.15) is 6.33 Å². The first-order valence-electron chi connectivity index (χ1n) is 5.65. The molecule has 1 heterocycles. The minimum Gasteiger partial charge on any atom is -0.310 e. The maximum absolute atomic E-state index is 3.99. The number of rotatable bonds is 6. The van der Waals surface area contributed by atoms with Gasteiger partial charge in [-0.25, -0.2) is 9.97 Å². The lowest BCUT2D eigenvalue weighted by Gasteiger charge is -2.14. The Labute approximate surface area is 92.3 Å². The van der Waals surface area contributed by atoms with Crippen LogP contribution in [0.2, 0.25) is 0 Å². The third-order valence-corrected chi connectivity index (χ3v) is 2.45. The maximum atomic E-state index is 3.99. The number of hydrogen-bond acceptors (Lipinski definition) is 3. The average molecular weight is 207 g/mol. The van der Waals surface area contributed by atoms with Crippen LogP contribution in [0.1, 0.15) is 39.2 Å². The summed E-state index contributed by atoms with van der Waals surface area (Å²) in [5, 5.41) is 3.47. The summed E-state index contributed by atoms with van der Waals surface area (Å²) in [7, 11) is 0. The molecule has 3 heteroatoms. The zero-order valence-electron chi connectivity index (χ0n) is 9.90. The van der Waals surface area contributed by atoms with Crippen molar-refractivity contribution >= 4 is 0 Å². The van der Waals surface area contributed by atoms with Crippen LogP contribution in [0.3, 0.4) is 0 Å². The van der Waals surface area contributed by atoms with Crippen LogP contribution in [0.25, 0.3) is 0 Å². The van der Waals surface area contributed by atoms with Crippen LogP contribution in [0.15, 0.2) is 18.7 Å². The predicted molar refractivity (Wildman–Crippen MR) is 62.4 cm³/mol. The minimum absolute atomic E-state index is 0.563. The molecule has 0 aliphatic rings. The van der Waals surface area contributed by atoms with Crippen molar-refractivity contribution in [3.05, 3.63) is 24.3 Å². The van der Waals surface area contributed by atoms with Crippen molar-refractivity contribution in [3.63, 3.8) is 0 Å². The Kier molecular flexibility index (Phi) is 5.26. The molecule has 1 aromatic heterocycles. The van der Waals surface area contributed by atoms with Crippen LogP contribution in [0.5, 0.6) is 0 Å². The minimum atomic E-state index is 0.563. The van der Waals surface area contributed by atoms with Crippen molar-refractivity contribution in [3.8, 4) is 0 Å². The highest BCUT2D eigenvalue weighted by atomic mass is 14.9. The van der Waals surface area contributed by atoms with Gasteiger partial charge >= 0.3 is 0 Å². The van der Waals surface area contributed by atoms with Gasteiger partial charge in [-0.15, -0.1) is 0 Å².